The van der Waals surface area contributed by atoms with Gasteiger partial charge in [0.1, 0.15) is 0 Å². The first-order valence-corrected chi connectivity index (χ1v) is 7.54. The number of hydrogen-bond acceptors (Lipinski definition) is 5. The first-order valence-electron chi connectivity index (χ1n) is 6.66. The molecule has 0 saturated carbocycles. The molecule has 5 nitrogen and oxygen atoms in total. The molecule has 106 valence electrons. The molecular formula is C14H16N2O3S. The van der Waals surface area contributed by atoms with Crippen molar-refractivity contribution in [1.82, 2.24) is 9.88 Å². The highest BCUT2D eigenvalue weighted by Gasteiger charge is 2.28. The van der Waals surface area contributed by atoms with E-state index in [0.29, 0.717) is 0 Å². The van der Waals surface area contributed by atoms with Gasteiger partial charge in [-0.25, -0.2) is 4.98 Å². The summed E-state index contributed by atoms with van der Waals surface area (Å²) in [6.45, 7) is 0.777. The van der Waals surface area contributed by atoms with Crippen LogP contribution in [0.5, 0.6) is 0 Å². The second kappa shape index (κ2) is 5.76. The lowest BCUT2D eigenvalue weighted by atomic mass is 10.2. The fourth-order valence-electron chi connectivity index (χ4n) is 2.51. The number of rotatable bonds is 4. The smallest absolute Gasteiger partial charge is 0.228 e. The minimum absolute atomic E-state index is 0.0225. The summed E-state index contributed by atoms with van der Waals surface area (Å²) in [4.78, 5) is 18.4. The second-order valence-electron chi connectivity index (χ2n) is 4.86. The van der Waals surface area contributed by atoms with Gasteiger partial charge in [-0.05, 0) is 25.0 Å². The number of thiazole rings is 1. The Morgan fingerprint density at radius 3 is 3.25 bits per heavy atom. The first kappa shape index (κ1) is 13.3. The van der Waals surface area contributed by atoms with E-state index >= 15 is 0 Å². The van der Waals surface area contributed by atoms with Crippen molar-refractivity contribution in [2.45, 2.75) is 25.3 Å². The number of carbonyl (C=O) groups excluding carboxylic acids is 1. The van der Waals surface area contributed by atoms with Crippen molar-refractivity contribution >= 4 is 17.2 Å². The third-order valence-corrected chi connectivity index (χ3v) is 4.43. The van der Waals surface area contributed by atoms with Gasteiger partial charge in [0.15, 0.2) is 10.8 Å². The predicted octanol–water partition coefficient (Wildman–Crippen LogP) is 1.93. The van der Waals surface area contributed by atoms with Crippen LogP contribution in [0.25, 0.3) is 10.8 Å². The lowest BCUT2D eigenvalue weighted by molar-refractivity contribution is -0.132. The molecule has 1 aliphatic rings. The molecule has 2 aromatic heterocycles. The van der Waals surface area contributed by atoms with E-state index in [-0.39, 0.29) is 25.0 Å². The van der Waals surface area contributed by atoms with Crippen LogP contribution in [0.1, 0.15) is 18.5 Å². The van der Waals surface area contributed by atoms with Gasteiger partial charge < -0.3 is 14.4 Å². The third-order valence-electron chi connectivity index (χ3n) is 3.52. The van der Waals surface area contributed by atoms with Crippen molar-refractivity contribution in [2.24, 2.45) is 0 Å². The molecule has 3 rings (SSSR count). The summed E-state index contributed by atoms with van der Waals surface area (Å²) >= 11 is 1.47. The molecule has 6 heteroatoms. The SMILES string of the molecule is O=C(Cc1csc(-c2ccco2)n1)N1CCC[C@H]1CO. The van der Waals surface area contributed by atoms with E-state index in [1.807, 2.05) is 17.5 Å². The number of likely N-dealkylation sites (tertiary alicyclic amines) is 1. The highest BCUT2D eigenvalue weighted by molar-refractivity contribution is 7.13. The molecule has 1 fully saturated rings. The Balaban J connectivity index is 1.67. The molecule has 1 amide bonds. The van der Waals surface area contributed by atoms with Gasteiger partial charge >= 0.3 is 0 Å². The normalized spacial score (nSPS) is 18.6. The average molecular weight is 292 g/mol. The van der Waals surface area contributed by atoms with E-state index in [1.54, 1.807) is 11.2 Å². The molecule has 1 N–H and O–H groups in total. The van der Waals surface area contributed by atoms with Gasteiger partial charge in [0.2, 0.25) is 5.91 Å². The van der Waals surface area contributed by atoms with Crippen LogP contribution >= 0.6 is 11.3 Å². The van der Waals surface area contributed by atoms with Crippen LogP contribution in [-0.4, -0.2) is 40.1 Å². The quantitative estimate of drug-likeness (QED) is 0.935. The molecule has 20 heavy (non-hydrogen) atoms. The number of furan rings is 1. The Morgan fingerprint density at radius 1 is 1.60 bits per heavy atom. The largest absolute Gasteiger partial charge is 0.462 e. The summed E-state index contributed by atoms with van der Waals surface area (Å²) in [5.74, 6) is 0.765. The molecule has 0 unspecified atom stereocenters. The number of amides is 1. The fraction of sp³-hybridized carbons (Fsp3) is 0.429. The molecular weight excluding hydrogens is 276 g/mol. The Bertz CT molecular complexity index is 579. The van der Waals surface area contributed by atoms with Crippen molar-refractivity contribution in [3.63, 3.8) is 0 Å². The van der Waals surface area contributed by atoms with E-state index < -0.39 is 0 Å². The second-order valence-corrected chi connectivity index (χ2v) is 5.72. The number of aliphatic hydroxyl groups excluding tert-OH is 1. The van der Waals surface area contributed by atoms with Gasteiger partial charge in [0.05, 0.1) is 31.0 Å². The van der Waals surface area contributed by atoms with Crippen molar-refractivity contribution in [1.29, 1.82) is 0 Å². The van der Waals surface area contributed by atoms with Gasteiger partial charge in [-0.2, -0.15) is 0 Å². The van der Waals surface area contributed by atoms with Crippen LogP contribution in [0.3, 0.4) is 0 Å². The number of carbonyl (C=O) groups is 1. The maximum Gasteiger partial charge on any atom is 0.228 e. The zero-order valence-corrected chi connectivity index (χ0v) is 11.8. The average Bonchev–Trinajstić information content (AvgIpc) is 3.19. The van der Waals surface area contributed by atoms with Crippen LogP contribution in [0, 0.1) is 0 Å². The Hall–Kier alpha value is -1.66. The predicted molar refractivity (Wildman–Crippen MR) is 75.3 cm³/mol. The zero-order valence-electron chi connectivity index (χ0n) is 11.0. The Morgan fingerprint density at radius 2 is 2.50 bits per heavy atom. The van der Waals surface area contributed by atoms with Crippen molar-refractivity contribution in [3.05, 3.63) is 29.5 Å². The molecule has 2 aromatic rings. The van der Waals surface area contributed by atoms with E-state index in [2.05, 4.69) is 4.98 Å². The standard InChI is InChI=1S/C14H16N2O3S/c17-8-11-3-1-5-16(11)13(18)7-10-9-20-14(15-10)12-4-2-6-19-12/h2,4,6,9,11,17H,1,3,5,7-8H2/t11-/m0/s1. The van der Waals surface area contributed by atoms with Gasteiger partial charge in [-0.1, -0.05) is 0 Å². The molecule has 0 aromatic carbocycles. The first-order chi connectivity index (χ1) is 9.78. The maximum atomic E-state index is 12.2. The van der Waals surface area contributed by atoms with Crippen LogP contribution in [0.15, 0.2) is 28.2 Å². The highest BCUT2D eigenvalue weighted by Crippen LogP contribution is 2.25. The van der Waals surface area contributed by atoms with Crippen LogP contribution in [0.2, 0.25) is 0 Å². The van der Waals surface area contributed by atoms with Gasteiger partial charge in [0.25, 0.3) is 0 Å². The minimum Gasteiger partial charge on any atom is -0.462 e. The number of hydrogen-bond donors (Lipinski definition) is 1. The minimum atomic E-state index is -0.0225. The van der Waals surface area contributed by atoms with Crippen LogP contribution in [-0.2, 0) is 11.2 Å². The molecule has 1 atom stereocenters. The molecule has 0 spiro atoms. The van der Waals surface area contributed by atoms with E-state index in [4.69, 9.17) is 4.42 Å². The monoisotopic (exact) mass is 292 g/mol. The van der Waals surface area contributed by atoms with E-state index in [0.717, 1.165) is 35.8 Å². The lowest BCUT2D eigenvalue weighted by Gasteiger charge is -2.22. The lowest BCUT2D eigenvalue weighted by Crippen LogP contribution is -2.38. The molecule has 1 aliphatic heterocycles. The van der Waals surface area contributed by atoms with Crippen LogP contribution < -0.4 is 0 Å². The molecule has 0 aliphatic carbocycles. The summed E-state index contributed by atoms with van der Waals surface area (Å²) in [7, 11) is 0. The number of aromatic nitrogens is 1. The Labute approximate surface area is 120 Å². The summed E-state index contributed by atoms with van der Waals surface area (Å²) in [6, 6.07) is 3.65. The fourth-order valence-corrected chi connectivity index (χ4v) is 3.30. The van der Waals surface area contributed by atoms with Crippen molar-refractivity contribution in [3.8, 4) is 10.8 Å². The van der Waals surface area contributed by atoms with E-state index in [9.17, 15) is 9.90 Å². The zero-order chi connectivity index (χ0) is 13.9. The van der Waals surface area contributed by atoms with Crippen molar-refractivity contribution < 1.29 is 14.3 Å². The van der Waals surface area contributed by atoms with Gasteiger partial charge in [-0.15, -0.1) is 11.3 Å². The Kier molecular flexibility index (Phi) is 3.84. The summed E-state index contributed by atoms with van der Waals surface area (Å²) in [5, 5.41) is 11.9. The van der Waals surface area contributed by atoms with Gasteiger partial charge in [-0.3, -0.25) is 4.79 Å². The summed E-state index contributed by atoms with van der Waals surface area (Å²) in [6.07, 6.45) is 3.74. The van der Waals surface area contributed by atoms with Gasteiger partial charge in [0, 0.05) is 11.9 Å². The third kappa shape index (κ3) is 2.62. The number of aliphatic hydroxyl groups is 1. The highest BCUT2D eigenvalue weighted by atomic mass is 32.1. The maximum absolute atomic E-state index is 12.2. The van der Waals surface area contributed by atoms with E-state index in [1.165, 1.54) is 11.3 Å². The topological polar surface area (TPSA) is 66.6 Å². The molecule has 0 bridgehead atoms. The summed E-state index contributed by atoms with van der Waals surface area (Å²) in [5.41, 5.74) is 0.759. The van der Waals surface area contributed by atoms with Crippen molar-refractivity contribution in [2.75, 3.05) is 13.2 Å². The molecule has 0 radical (unpaired) electrons. The van der Waals surface area contributed by atoms with Crippen LogP contribution in [0.4, 0.5) is 0 Å². The molecule has 3 heterocycles. The number of nitrogens with zero attached hydrogens (tertiary/aromatic N) is 2. The molecule has 1 saturated heterocycles. The summed E-state index contributed by atoms with van der Waals surface area (Å²) < 4.78 is 5.29.